The number of benzene rings is 1. The molecule has 0 aliphatic rings. The maximum atomic E-state index is 9.28. The van der Waals surface area contributed by atoms with Crippen LogP contribution in [0.25, 0.3) is 11.1 Å². The maximum Gasteiger partial charge on any atom is 0.192 e. The molecule has 1 atom stereocenters. The van der Waals surface area contributed by atoms with Crippen LogP contribution in [0.15, 0.2) is 22.6 Å². The van der Waals surface area contributed by atoms with Crippen LogP contribution >= 0.6 is 0 Å². The minimum absolute atomic E-state index is 0.204. The van der Waals surface area contributed by atoms with Gasteiger partial charge < -0.3 is 14.8 Å². The Bertz CT molecular complexity index is 519. The zero-order valence-electron chi connectivity index (χ0n) is 11.1. The van der Waals surface area contributed by atoms with E-state index in [-0.39, 0.29) is 12.5 Å². The molecular formula is C14H20N2O2. The van der Waals surface area contributed by atoms with Crippen LogP contribution < -0.4 is 5.32 Å². The highest BCUT2D eigenvalue weighted by atomic mass is 16.3. The van der Waals surface area contributed by atoms with Gasteiger partial charge >= 0.3 is 0 Å². The molecule has 0 aliphatic heterocycles. The Morgan fingerprint density at radius 1 is 1.39 bits per heavy atom. The van der Waals surface area contributed by atoms with Crippen molar-refractivity contribution in [3.05, 3.63) is 24.1 Å². The van der Waals surface area contributed by atoms with Crippen molar-refractivity contribution < 1.29 is 9.52 Å². The molecule has 98 valence electrons. The van der Waals surface area contributed by atoms with Gasteiger partial charge in [-0.3, -0.25) is 0 Å². The molecular weight excluding hydrogens is 228 g/mol. The van der Waals surface area contributed by atoms with Crippen molar-refractivity contribution >= 4 is 16.8 Å². The predicted octanol–water partition coefficient (Wildman–Crippen LogP) is 2.81. The van der Waals surface area contributed by atoms with Crippen LogP contribution in [0, 0.1) is 18.8 Å². The highest BCUT2D eigenvalue weighted by Gasteiger charge is 2.12. The van der Waals surface area contributed by atoms with E-state index >= 15 is 0 Å². The van der Waals surface area contributed by atoms with Crippen molar-refractivity contribution in [1.82, 2.24) is 4.98 Å². The Morgan fingerprint density at radius 3 is 2.83 bits per heavy atom. The number of hydrogen-bond acceptors (Lipinski definition) is 4. The fourth-order valence-electron chi connectivity index (χ4n) is 1.91. The first-order chi connectivity index (χ1) is 8.60. The molecule has 0 bridgehead atoms. The van der Waals surface area contributed by atoms with Crippen LogP contribution in [0.1, 0.15) is 19.7 Å². The fourth-order valence-corrected chi connectivity index (χ4v) is 1.91. The summed E-state index contributed by atoms with van der Waals surface area (Å²) in [4.78, 5) is 4.30. The molecule has 2 N–H and O–H groups in total. The lowest BCUT2D eigenvalue weighted by molar-refractivity contribution is 0.198. The molecule has 2 aromatic rings. The molecule has 0 saturated carbocycles. The number of anilines is 1. The van der Waals surface area contributed by atoms with Gasteiger partial charge in [0.05, 0.1) is 0 Å². The first kappa shape index (κ1) is 12.9. The van der Waals surface area contributed by atoms with E-state index in [1.54, 1.807) is 0 Å². The topological polar surface area (TPSA) is 58.3 Å². The summed E-state index contributed by atoms with van der Waals surface area (Å²) in [6.45, 7) is 7.04. The standard InChI is InChI=1S/C14H20N2O2/c1-9(2)11(8-17)7-15-12-4-5-14-13(6-12)16-10(3)18-14/h4-6,9,11,15,17H,7-8H2,1-3H3. The molecule has 0 amide bonds. The van der Waals surface area contributed by atoms with Crippen molar-refractivity contribution in [2.45, 2.75) is 20.8 Å². The normalized spacial score (nSPS) is 13.2. The molecule has 0 radical (unpaired) electrons. The second-order valence-electron chi connectivity index (χ2n) is 4.98. The van der Waals surface area contributed by atoms with Crippen LogP contribution in [0.3, 0.4) is 0 Å². The number of oxazole rings is 1. The van der Waals surface area contributed by atoms with Crippen molar-refractivity contribution in [1.29, 1.82) is 0 Å². The summed E-state index contributed by atoms with van der Waals surface area (Å²) in [6.07, 6.45) is 0. The molecule has 4 nitrogen and oxygen atoms in total. The van der Waals surface area contributed by atoms with Crippen molar-refractivity contribution in [2.75, 3.05) is 18.5 Å². The number of rotatable bonds is 5. The van der Waals surface area contributed by atoms with Gasteiger partial charge in [-0.2, -0.15) is 0 Å². The highest BCUT2D eigenvalue weighted by Crippen LogP contribution is 2.20. The van der Waals surface area contributed by atoms with Gasteiger partial charge in [0, 0.05) is 31.7 Å². The summed E-state index contributed by atoms with van der Waals surface area (Å²) >= 11 is 0. The molecule has 1 unspecified atom stereocenters. The Morgan fingerprint density at radius 2 is 2.17 bits per heavy atom. The van der Waals surface area contributed by atoms with Crippen LogP contribution in [0.5, 0.6) is 0 Å². The molecule has 0 aliphatic carbocycles. The van der Waals surface area contributed by atoms with E-state index in [4.69, 9.17) is 4.42 Å². The number of aliphatic hydroxyl groups is 1. The monoisotopic (exact) mass is 248 g/mol. The molecule has 0 spiro atoms. The summed E-state index contributed by atoms with van der Waals surface area (Å²) in [6, 6.07) is 5.86. The quantitative estimate of drug-likeness (QED) is 0.854. The molecule has 18 heavy (non-hydrogen) atoms. The van der Waals surface area contributed by atoms with Gasteiger partial charge in [0.2, 0.25) is 0 Å². The first-order valence-electron chi connectivity index (χ1n) is 6.32. The van der Waals surface area contributed by atoms with E-state index in [1.165, 1.54) is 0 Å². The predicted molar refractivity (Wildman–Crippen MR) is 72.6 cm³/mol. The summed E-state index contributed by atoms with van der Waals surface area (Å²) in [5.41, 5.74) is 2.68. The molecule has 0 saturated heterocycles. The van der Waals surface area contributed by atoms with Gasteiger partial charge in [-0.05, 0) is 24.1 Å². The maximum absolute atomic E-state index is 9.28. The Balaban J connectivity index is 2.07. The number of aliphatic hydroxyl groups excluding tert-OH is 1. The summed E-state index contributed by atoms with van der Waals surface area (Å²) in [5, 5.41) is 12.6. The first-order valence-corrected chi connectivity index (χ1v) is 6.32. The Kier molecular flexibility index (Phi) is 3.87. The van der Waals surface area contributed by atoms with Gasteiger partial charge in [-0.15, -0.1) is 0 Å². The highest BCUT2D eigenvalue weighted by molar-refractivity contribution is 5.77. The average molecular weight is 248 g/mol. The number of aromatic nitrogens is 1. The third kappa shape index (κ3) is 2.82. The summed E-state index contributed by atoms with van der Waals surface area (Å²) < 4.78 is 5.43. The lowest BCUT2D eigenvalue weighted by atomic mass is 9.97. The van der Waals surface area contributed by atoms with Gasteiger partial charge in [0.1, 0.15) is 5.52 Å². The minimum atomic E-state index is 0.204. The number of hydrogen-bond donors (Lipinski definition) is 2. The Labute approximate surface area is 107 Å². The largest absolute Gasteiger partial charge is 0.441 e. The molecule has 0 fully saturated rings. The number of fused-ring (bicyclic) bond motifs is 1. The number of nitrogens with zero attached hydrogens (tertiary/aromatic N) is 1. The van der Waals surface area contributed by atoms with Crippen LogP contribution in [-0.2, 0) is 0 Å². The lowest BCUT2D eigenvalue weighted by Crippen LogP contribution is -2.22. The second kappa shape index (κ2) is 5.40. The minimum Gasteiger partial charge on any atom is -0.441 e. The Hall–Kier alpha value is -1.55. The molecule has 2 rings (SSSR count). The van der Waals surface area contributed by atoms with Gasteiger partial charge in [0.15, 0.2) is 11.5 Å². The van der Waals surface area contributed by atoms with E-state index in [9.17, 15) is 5.11 Å². The lowest BCUT2D eigenvalue weighted by Gasteiger charge is -2.19. The van der Waals surface area contributed by atoms with E-state index in [2.05, 4.69) is 24.1 Å². The van der Waals surface area contributed by atoms with Crippen LogP contribution in [0.4, 0.5) is 5.69 Å². The molecule has 4 heteroatoms. The van der Waals surface area contributed by atoms with Crippen molar-refractivity contribution in [3.8, 4) is 0 Å². The van der Waals surface area contributed by atoms with E-state index in [0.29, 0.717) is 11.8 Å². The number of aryl methyl sites for hydroxylation is 1. The zero-order chi connectivity index (χ0) is 13.1. The second-order valence-corrected chi connectivity index (χ2v) is 4.98. The van der Waals surface area contributed by atoms with Gasteiger partial charge in [0.25, 0.3) is 0 Å². The SMILES string of the molecule is Cc1nc2cc(NCC(CO)C(C)C)ccc2o1. The molecule has 1 heterocycles. The summed E-state index contributed by atoms with van der Waals surface area (Å²) in [5.74, 6) is 1.40. The van der Waals surface area contributed by atoms with E-state index in [1.807, 2.05) is 25.1 Å². The van der Waals surface area contributed by atoms with Crippen molar-refractivity contribution in [2.24, 2.45) is 11.8 Å². The van der Waals surface area contributed by atoms with Gasteiger partial charge in [-0.1, -0.05) is 13.8 Å². The summed E-state index contributed by atoms with van der Waals surface area (Å²) in [7, 11) is 0. The fraction of sp³-hybridized carbons (Fsp3) is 0.500. The average Bonchev–Trinajstić information content (AvgIpc) is 2.68. The third-order valence-electron chi connectivity index (χ3n) is 3.24. The zero-order valence-corrected chi connectivity index (χ0v) is 11.1. The smallest absolute Gasteiger partial charge is 0.192 e. The van der Waals surface area contributed by atoms with Crippen LogP contribution in [0.2, 0.25) is 0 Å². The van der Waals surface area contributed by atoms with Crippen LogP contribution in [-0.4, -0.2) is 23.2 Å². The van der Waals surface area contributed by atoms with Gasteiger partial charge in [-0.25, -0.2) is 4.98 Å². The number of nitrogens with one attached hydrogen (secondary N) is 1. The third-order valence-corrected chi connectivity index (χ3v) is 3.24. The molecule has 1 aromatic heterocycles. The molecule has 1 aromatic carbocycles. The van der Waals surface area contributed by atoms with E-state index < -0.39 is 0 Å². The van der Waals surface area contributed by atoms with E-state index in [0.717, 1.165) is 23.3 Å². The van der Waals surface area contributed by atoms with Crippen molar-refractivity contribution in [3.63, 3.8) is 0 Å².